The Balaban J connectivity index is 1.85. The minimum Gasteiger partial charge on any atom is -0.480 e. The lowest BCUT2D eigenvalue weighted by Gasteiger charge is -2.37. The van der Waals surface area contributed by atoms with E-state index in [2.05, 4.69) is 12.2 Å². The highest BCUT2D eigenvalue weighted by atomic mass is 16.4. The lowest BCUT2D eigenvalue weighted by Crippen LogP contribution is -2.50. The van der Waals surface area contributed by atoms with Crippen LogP contribution in [0.1, 0.15) is 58.3 Å². The molecule has 0 aromatic heterocycles. The standard InChI is InChI=1S/C16H28N2O3/c1-2-12-8-10-18(14(11-12)16(20)21)15(19)7-6-13-5-3-4-9-17-13/h12-14,17H,2-11H2,1H3,(H,20,21). The maximum absolute atomic E-state index is 12.4. The molecular weight excluding hydrogens is 268 g/mol. The number of piperidine rings is 2. The van der Waals surface area contributed by atoms with Crippen LogP contribution in [0.2, 0.25) is 0 Å². The molecule has 2 aliphatic rings. The van der Waals surface area contributed by atoms with E-state index in [0.717, 1.165) is 32.2 Å². The Morgan fingerprint density at radius 3 is 2.71 bits per heavy atom. The van der Waals surface area contributed by atoms with Gasteiger partial charge in [0, 0.05) is 19.0 Å². The summed E-state index contributed by atoms with van der Waals surface area (Å²) >= 11 is 0. The van der Waals surface area contributed by atoms with E-state index >= 15 is 0 Å². The molecule has 0 radical (unpaired) electrons. The number of nitrogens with zero attached hydrogens (tertiary/aromatic N) is 1. The molecule has 3 atom stereocenters. The second-order valence-corrected chi connectivity index (χ2v) is 6.43. The van der Waals surface area contributed by atoms with Gasteiger partial charge in [0.05, 0.1) is 0 Å². The van der Waals surface area contributed by atoms with Gasteiger partial charge < -0.3 is 15.3 Å². The maximum Gasteiger partial charge on any atom is 0.326 e. The maximum atomic E-state index is 12.4. The van der Waals surface area contributed by atoms with Gasteiger partial charge in [0.1, 0.15) is 6.04 Å². The minimum atomic E-state index is -0.850. The molecule has 0 bridgehead atoms. The number of likely N-dealkylation sites (tertiary alicyclic amines) is 1. The summed E-state index contributed by atoms with van der Waals surface area (Å²) in [6.45, 7) is 3.74. The van der Waals surface area contributed by atoms with Crippen LogP contribution < -0.4 is 5.32 Å². The number of carboxylic acid groups (broad SMARTS) is 1. The Hall–Kier alpha value is -1.10. The normalized spacial score (nSPS) is 30.1. The highest BCUT2D eigenvalue weighted by molar-refractivity contribution is 5.83. The molecule has 120 valence electrons. The third-order valence-electron chi connectivity index (χ3n) is 5.01. The Bertz CT molecular complexity index is 367. The van der Waals surface area contributed by atoms with E-state index in [1.807, 2.05) is 0 Å². The first-order chi connectivity index (χ1) is 10.1. The lowest BCUT2D eigenvalue weighted by molar-refractivity contribution is -0.153. The molecule has 0 aromatic carbocycles. The van der Waals surface area contributed by atoms with Crippen molar-refractivity contribution in [3.8, 4) is 0 Å². The van der Waals surface area contributed by atoms with Gasteiger partial charge in [-0.3, -0.25) is 4.79 Å². The second kappa shape index (κ2) is 7.78. The van der Waals surface area contributed by atoms with Gasteiger partial charge in [-0.05, 0) is 44.6 Å². The third-order valence-corrected chi connectivity index (χ3v) is 5.01. The predicted octanol–water partition coefficient (Wildman–Crippen LogP) is 2.01. The van der Waals surface area contributed by atoms with E-state index in [-0.39, 0.29) is 5.91 Å². The predicted molar refractivity (Wildman–Crippen MR) is 81.0 cm³/mol. The number of nitrogens with one attached hydrogen (secondary N) is 1. The molecule has 2 N–H and O–H groups in total. The summed E-state index contributed by atoms with van der Waals surface area (Å²) < 4.78 is 0. The highest BCUT2D eigenvalue weighted by Crippen LogP contribution is 2.26. The Morgan fingerprint density at radius 1 is 1.29 bits per heavy atom. The number of rotatable bonds is 5. The van der Waals surface area contributed by atoms with Gasteiger partial charge in [0.25, 0.3) is 0 Å². The van der Waals surface area contributed by atoms with E-state index in [1.54, 1.807) is 4.90 Å². The first-order valence-corrected chi connectivity index (χ1v) is 8.37. The molecule has 2 rings (SSSR count). The zero-order chi connectivity index (χ0) is 15.2. The van der Waals surface area contributed by atoms with Gasteiger partial charge in [0.15, 0.2) is 0 Å². The van der Waals surface area contributed by atoms with Gasteiger partial charge in [-0.15, -0.1) is 0 Å². The van der Waals surface area contributed by atoms with Crippen LogP contribution in [0.5, 0.6) is 0 Å². The molecule has 1 amide bonds. The van der Waals surface area contributed by atoms with Crippen LogP contribution in [0.15, 0.2) is 0 Å². The van der Waals surface area contributed by atoms with Crippen molar-refractivity contribution in [3.63, 3.8) is 0 Å². The second-order valence-electron chi connectivity index (χ2n) is 6.43. The van der Waals surface area contributed by atoms with E-state index in [9.17, 15) is 14.7 Å². The largest absolute Gasteiger partial charge is 0.480 e. The van der Waals surface area contributed by atoms with Crippen molar-refractivity contribution in [2.75, 3.05) is 13.1 Å². The summed E-state index contributed by atoms with van der Waals surface area (Å²) in [6.07, 6.45) is 7.43. The first-order valence-electron chi connectivity index (χ1n) is 8.37. The number of hydrogen-bond acceptors (Lipinski definition) is 3. The molecular formula is C16H28N2O3. The summed E-state index contributed by atoms with van der Waals surface area (Å²) in [6, 6.07) is -0.185. The molecule has 0 saturated carbocycles. The van der Waals surface area contributed by atoms with Crippen molar-refractivity contribution >= 4 is 11.9 Å². The summed E-state index contributed by atoms with van der Waals surface area (Å²) in [7, 11) is 0. The fourth-order valence-electron chi connectivity index (χ4n) is 3.55. The topological polar surface area (TPSA) is 69.6 Å². The van der Waals surface area contributed by atoms with Gasteiger partial charge in [0.2, 0.25) is 5.91 Å². The quantitative estimate of drug-likeness (QED) is 0.814. The van der Waals surface area contributed by atoms with Crippen LogP contribution >= 0.6 is 0 Å². The summed E-state index contributed by atoms with van der Waals surface area (Å²) in [5, 5.41) is 12.8. The van der Waals surface area contributed by atoms with E-state index < -0.39 is 12.0 Å². The smallest absolute Gasteiger partial charge is 0.326 e. The monoisotopic (exact) mass is 296 g/mol. The van der Waals surface area contributed by atoms with Crippen LogP contribution in [0.3, 0.4) is 0 Å². The van der Waals surface area contributed by atoms with Crippen LogP contribution in [0, 0.1) is 5.92 Å². The average Bonchev–Trinajstić information content (AvgIpc) is 2.52. The minimum absolute atomic E-state index is 0.0179. The molecule has 2 heterocycles. The molecule has 5 heteroatoms. The van der Waals surface area contributed by atoms with Gasteiger partial charge in [-0.2, -0.15) is 0 Å². The molecule has 2 saturated heterocycles. The van der Waals surface area contributed by atoms with Gasteiger partial charge in [-0.25, -0.2) is 4.79 Å². The Morgan fingerprint density at radius 2 is 2.10 bits per heavy atom. The summed E-state index contributed by atoms with van der Waals surface area (Å²) in [5.74, 6) is -0.392. The van der Waals surface area contributed by atoms with E-state index in [1.165, 1.54) is 12.8 Å². The molecule has 21 heavy (non-hydrogen) atoms. The van der Waals surface area contributed by atoms with Crippen LogP contribution in [-0.2, 0) is 9.59 Å². The van der Waals surface area contributed by atoms with Gasteiger partial charge in [-0.1, -0.05) is 19.8 Å². The van der Waals surface area contributed by atoms with E-state index in [4.69, 9.17) is 0 Å². The highest BCUT2D eigenvalue weighted by Gasteiger charge is 2.35. The number of carboxylic acids is 1. The number of carbonyl (C=O) groups is 2. The number of hydrogen-bond donors (Lipinski definition) is 2. The van der Waals surface area contributed by atoms with Crippen molar-refractivity contribution < 1.29 is 14.7 Å². The van der Waals surface area contributed by atoms with Gasteiger partial charge >= 0.3 is 5.97 Å². The molecule has 2 fully saturated rings. The fraction of sp³-hybridized carbons (Fsp3) is 0.875. The first kappa shape index (κ1) is 16.3. The van der Waals surface area contributed by atoms with Crippen molar-refractivity contribution in [3.05, 3.63) is 0 Å². The molecule has 0 aromatic rings. The lowest BCUT2D eigenvalue weighted by atomic mass is 9.88. The average molecular weight is 296 g/mol. The van der Waals surface area contributed by atoms with Crippen LogP contribution in [0.4, 0.5) is 0 Å². The zero-order valence-electron chi connectivity index (χ0n) is 13.0. The van der Waals surface area contributed by atoms with Crippen molar-refractivity contribution in [2.45, 2.75) is 70.4 Å². The Kier molecular flexibility index (Phi) is 6.03. The summed E-state index contributed by atoms with van der Waals surface area (Å²) in [4.78, 5) is 25.4. The van der Waals surface area contributed by atoms with Crippen molar-refractivity contribution in [2.24, 2.45) is 5.92 Å². The SMILES string of the molecule is CCC1CCN(C(=O)CCC2CCCCN2)C(C(=O)O)C1. The van der Waals surface area contributed by atoms with Crippen molar-refractivity contribution in [1.82, 2.24) is 10.2 Å². The fourth-order valence-corrected chi connectivity index (χ4v) is 3.55. The van der Waals surface area contributed by atoms with Crippen LogP contribution in [0.25, 0.3) is 0 Å². The Labute approximate surface area is 127 Å². The van der Waals surface area contributed by atoms with Crippen molar-refractivity contribution in [1.29, 1.82) is 0 Å². The molecule has 0 spiro atoms. The zero-order valence-corrected chi connectivity index (χ0v) is 13.0. The summed E-state index contributed by atoms with van der Waals surface area (Å²) in [5.41, 5.74) is 0. The van der Waals surface area contributed by atoms with E-state index in [0.29, 0.717) is 31.3 Å². The molecule has 2 aliphatic heterocycles. The third kappa shape index (κ3) is 4.43. The van der Waals surface area contributed by atoms with Crippen LogP contribution in [-0.4, -0.2) is 47.1 Å². The molecule has 3 unspecified atom stereocenters. The molecule has 0 aliphatic carbocycles. The molecule has 5 nitrogen and oxygen atoms in total. The number of carbonyl (C=O) groups excluding carboxylic acids is 1. The number of aliphatic carboxylic acids is 1. The number of amides is 1.